The highest BCUT2D eigenvalue weighted by atomic mass is 16.3. The zero-order valence-corrected chi connectivity index (χ0v) is 10.1. The van der Waals surface area contributed by atoms with E-state index in [1.54, 1.807) is 0 Å². The van der Waals surface area contributed by atoms with Crippen LogP contribution in [0.2, 0.25) is 0 Å². The molecule has 0 radical (unpaired) electrons. The molecule has 1 N–H and O–H groups in total. The van der Waals surface area contributed by atoms with E-state index in [0.717, 1.165) is 24.6 Å². The van der Waals surface area contributed by atoms with Crippen LogP contribution in [0.25, 0.3) is 0 Å². The molecule has 3 nitrogen and oxygen atoms in total. The van der Waals surface area contributed by atoms with Crippen LogP contribution in [-0.2, 0) is 6.54 Å². The van der Waals surface area contributed by atoms with Crippen LogP contribution in [0.3, 0.4) is 0 Å². The van der Waals surface area contributed by atoms with Crippen molar-refractivity contribution in [3.63, 3.8) is 0 Å². The van der Waals surface area contributed by atoms with Gasteiger partial charge in [-0.25, -0.2) is 0 Å². The number of aryl methyl sites for hydroxylation is 1. The molecule has 0 bridgehead atoms. The third kappa shape index (κ3) is 4.06. The molecule has 0 atom stereocenters. The molecule has 0 aliphatic rings. The Morgan fingerprint density at radius 3 is 2.53 bits per heavy atom. The fourth-order valence-electron chi connectivity index (χ4n) is 1.67. The van der Waals surface area contributed by atoms with Crippen LogP contribution >= 0.6 is 0 Å². The van der Waals surface area contributed by atoms with E-state index >= 15 is 0 Å². The third-order valence-corrected chi connectivity index (χ3v) is 2.35. The van der Waals surface area contributed by atoms with Gasteiger partial charge in [-0.15, -0.1) is 0 Å². The Kier molecular flexibility index (Phi) is 3.94. The summed E-state index contributed by atoms with van der Waals surface area (Å²) in [4.78, 5) is 2.16. The molecule has 0 aromatic carbocycles. The van der Waals surface area contributed by atoms with Crippen LogP contribution in [-0.4, -0.2) is 30.2 Å². The van der Waals surface area contributed by atoms with Crippen LogP contribution in [0.4, 0.5) is 0 Å². The second kappa shape index (κ2) is 4.81. The number of aliphatic hydroxyl groups excluding tert-OH is 1. The zero-order chi connectivity index (χ0) is 11.5. The molecule has 0 fully saturated rings. The lowest BCUT2D eigenvalue weighted by Crippen LogP contribution is -2.33. The second-order valence-corrected chi connectivity index (χ2v) is 5.01. The summed E-state index contributed by atoms with van der Waals surface area (Å²) in [5.74, 6) is 1.92. The van der Waals surface area contributed by atoms with E-state index < -0.39 is 0 Å². The van der Waals surface area contributed by atoms with Crippen LogP contribution in [0.5, 0.6) is 0 Å². The Labute approximate surface area is 91.7 Å². The number of rotatable bonds is 5. The van der Waals surface area contributed by atoms with Gasteiger partial charge in [0.15, 0.2) is 0 Å². The number of aliphatic hydroxyl groups is 1. The molecule has 1 aromatic rings. The topological polar surface area (TPSA) is 36.6 Å². The highest BCUT2D eigenvalue weighted by molar-refractivity contribution is 5.05. The SMILES string of the molecule is Cc1ccc(CN(C)CC(C)(C)CO)o1. The van der Waals surface area contributed by atoms with Crippen LogP contribution < -0.4 is 0 Å². The van der Waals surface area contributed by atoms with Crippen molar-refractivity contribution in [2.24, 2.45) is 5.41 Å². The Morgan fingerprint density at radius 1 is 1.40 bits per heavy atom. The summed E-state index contributed by atoms with van der Waals surface area (Å²) in [7, 11) is 2.04. The van der Waals surface area contributed by atoms with E-state index in [1.165, 1.54) is 0 Å². The van der Waals surface area contributed by atoms with Crippen molar-refractivity contribution in [3.05, 3.63) is 23.7 Å². The predicted molar refractivity (Wildman–Crippen MR) is 60.6 cm³/mol. The molecule has 0 spiro atoms. The molecule has 0 aliphatic heterocycles. The summed E-state index contributed by atoms with van der Waals surface area (Å²) >= 11 is 0. The molecule has 0 unspecified atom stereocenters. The number of nitrogens with zero attached hydrogens (tertiary/aromatic N) is 1. The Balaban J connectivity index is 2.46. The Morgan fingerprint density at radius 2 is 2.07 bits per heavy atom. The minimum absolute atomic E-state index is 0.0591. The van der Waals surface area contributed by atoms with E-state index in [4.69, 9.17) is 9.52 Å². The lowest BCUT2D eigenvalue weighted by Gasteiger charge is -2.27. The van der Waals surface area contributed by atoms with Gasteiger partial charge in [0.25, 0.3) is 0 Å². The van der Waals surface area contributed by atoms with Gasteiger partial charge in [-0.1, -0.05) is 13.8 Å². The van der Waals surface area contributed by atoms with Gasteiger partial charge in [-0.05, 0) is 26.1 Å². The van der Waals surface area contributed by atoms with Crippen molar-refractivity contribution in [1.29, 1.82) is 0 Å². The lowest BCUT2D eigenvalue weighted by molar-refractivity contribution is 0.109. The maximum atomic E-state index is 9.16. The van der Waals surface area contributed by atoms with Crippen molar-refractivity contribution in [3.8, 4) is 0 Å². The summed E-state index contributed by atoms with van der Waals surface area (Å²) in [5, 5.41) is 9.16. The van der Waals surface area contributed by atoms with Crippen LogP contribution in [0, 0.1) is 12.3 Å². The lowest BCUT2D eigenvalue weighted by atomic mass is 9.94. The minimum Gasteiger partial charge on any atom is -0.465 e. The third-order valence-electron chi connectivity index (χ3n) is 2.35. The average molecular weight is 211 g/mol. The highest BCUT2D eigenvalue weighted by Crippen LogP contribution is 2.17. The van der Waals surface area contributed by atoms with E-state index in [0.29, 0.717) is 0 Å². The Hall–Kier alpha value is -0.800. The summed E-state index contributed by atoms with van der Waals surface area (Å²) in [6, 6.07) is 3.97. The first-order chi connectivity index (χ1) is 6.93. The van der Waals surface area contributed by atoms with Gasteiger partial charge >= 0.3 is 0 Å². The minimum atomic E-state index is -0.0591. The van der Waals surface area contributed by atoms with Crippen molar-refractivity contribution in [2.45, 2.75) is 27.3 Å². The van der Waals surface area contributed by atoms with Crippen molar-refractivity contribution < 1.29 is 9.52 Å². The molecule has 15 heavy (non-hydrogen) atoms. The summed E-state index contributed by atoms with van der Waals surface area (Å²) < 4.78 is 5.50. The summed E-state index contributed by atoms with van der Waals surface area (Å²) in [6.45, 7) is 7.89. The van der Waals surface area contributed by atoms with E-state index in [1.807, 2.05) is 26.1 Å². The fourth-order valence-corrected chi connectivity index (χ4v) is 1.67. The van der Waals surface area contributed by atoms with E-state index in [2.05, 4.69) is 18.7 Å². The maximum absolute atomic E-state index is 9.16. The molecule has 1 rings (SSSR count). The van der Waals surface area contributed by atoms with Gasteiger partial charge in [0.1, 0.15) is 11.5 Å². The first-order valence-electron chi connectivity index (χ1n) is 5.28. The second-order valence-electron chi connectivity index (χ2n) is 5.01. The quantitative estimate of drug-likeness (QED) is 0.809. The Bertz CT molecular complexity index is 304. The van der Waals surface area contributed by atoms with Crippen LogP contribution in [0.15, 0.2) is 16.5 Å². The normalized spacial score (nSPS) is 12.4. The molecular weight excluding hydrogens is 190 g/mol. The molecule has 1 aromatic heterocycles. The first-order valence-corrected chi connectivity index (χ1v) is 5.28. The number of hydrogen-bond donors (Lipinski definition) is 1. The molecule has 3 heteroatoms. The van der Waals surface area contributed by atoms with Gasteiger partial charge in [0.05, 0.1) is 6.54 Å². The van der Waals surface area contributed by atoms with Gasteiger partial charge in [0, 0.05) is 18.6 Å². The predicted octanol–water partition coefficient (Wildman–Crippen LogP) is 2.04. The van der Waals surface area contributed by atoms with E-state index in [-0.39, 0.29) is 12.0 Å². The average Bonchev–Trinajstić information content (AvgIpc) is 2.50. The van der Waals surface area contributed by atoms with Gasteiger partial charge in [-0.3, -0.25) is 4.90 Å². The van der Waals surface area contributed by atoms with Crippen molar-refractivity contribution in [1.82, 2.24) is 4.90 Å². The highest BCUT2D eigenvalue weighted by Gasteiger charge is 2.19. The maximum Gasteiger partial charge on any atom is 0.118 e. The van der Waals surface area contributed by atoms with Crippen molar-refractivity contribution >= 4 is 0 Å². The van der Waals surface area contributed by atoms with E-state index in [9.17, 15) is 0 Å². The molecule has 0 aliphatic carbocycles. The zero-order valence-electron chi connectivity index (χ0n) is 10.1. The fraction of sp³-hybridized carbons (Fsp3) is 0.667. The number of furan rings is 1. The molecule has 86 valence electrons. The molecule has 1 heterocycles. The summed E-state index contributed by atoms with van der Waals surface area (Å²) in [6.07, 6.45) is 0. The molecule has 0 saturated carbocycles. The largest absolute Gasteiger partial charge is 0.465 e. The summed E-state index contributed by atoms with van der Waals surface area (Å²) in [5.41, 5.74) is -0.0591. The standard InChI is InChI=1S/C12H21NO2/c1-10-5-6-11(15-10)7-13(4)8-12(2,3)9-14/h5-6,14H,7-9H2,1-4H3. The van der Waals surface area contributed by atoms with Gasteiger partial charge in [-0.2, -0.15) is 0 Å². The smallest absolute Gasteiger partial charge is 0.118 e. The molecule has 0 amide bonds. The van der Waals surface area contributed by atoms with Crippen molar-refractivity contribution in [2.75, 3.05) is 20.2 Å². The monoisotopic (exact) mass is 211 g/mol. The van der Waals surface area contributed by atoms with Gasteiger partial charge < -0.3 is 9.52 Å². The van der Waals surface area contributed by atoms with Crippen LogP contribution in [0.1, 0.15) is 25.4 Å². The first kappa shape index (κ1) is 12.3. The number of hydrogen-bond acceptors (Lipinski definition) is 3. The van der Waals surface area contributed by atoms with Gasteiger partial charge in [0.2, 0.25) is 0 Å². The molecule has 0 saturated heterocycles. The molecular formula is C12H21NO2.